The Morgan fingerprint density at radius 1 is 0.946 bits per heavy atom. The number of likely N-dealkylation sites (tertiary alicyclic amines) is 1. The van der Waals surface area contributed by atoms with Gasteiger partial charge < -0.3 is 14.6 Å². The number of hydrogen-bond acceptors (Lipinski definition) is 6. The van der Waals surface area contributed by atoms with Gasteiger partial charge in [-0.25, -0.2) is 0 Å². The highest BCUT2D eigenvalue weighted by atomic mass is 16.5. The summed E-state index contributed by atoms with van der Waals surface area (Å²) < 4.78 is 11.8. The molecule has 2 atom stereocenters. The van der Waals surface area contributed by atoms with Crippen molar-refractivity contribution < 1.29 is 14.1 Å². The Morgan fingerprint density at radius 3 is 2.70 bits per heavy atom. The zero-order valence-corrected chi connectivity index (χ0v) is 20.7. The van der Waals surface area contributed by atoms with E-state index in [1.165, 1.54) is 0 Å². The molecule has 7 nitrogen and oxygen atoms in total. The first kappa shape index (κ1) is 23.4. The van der Waals surface area contributed by atoms with Crippen LogP contribution in [0.25, 0.3) is 22.4 Å². The Kier molecular flexibility index (Phi) is 6.69. The molecule has 2 aromatic heterocycles. The SMILES string of the molecule is O=C1C[C@@H]2CCN(Cc3cc(-c4ccccc4)no3)C[C@@H]2CCOc2ccc(-c3cccnc3)cc2N1. The molecule has 4 aromatic rings. The number of rotatable bonds is 4. The number of pyridine rings is 1. The van der Waals surface area contributed by atoms with Crippen molar-refractivity contribution >= 4 is 11.6 Å². The Bertz CT molecular complexity index is 1360. The molecule has 1 amide bonds. The normalized spacial score (nSPS) is 20.3. The maximum Gasteiger partial charge on any atom is 0.224 e. The number of piperidine rings is 1. The van der Waals surface area contributed by atoms with Crippen molar-refractivity contribution in [3.8, 4) is 28.1 Å². The first-order valence-electron chi connectivity index (χ1n) is 12.9. The molecule has 188 valence electrons. The predicted molar refractivity (Wildman–Crippen MR) is 142 cm³/mol. The zero-order chi connectivity index (χ0) is 25.0. The number of nitrogens with zero attached hydrogens (tertiary/aromatic N) is 3. The van der Waals surface area contributed by atoms with E-state index in [0.29, 0.717) is 30.6 Å². The third-order valence-electron chi connectivity index (χ3n) is 7.43. The van der Waals surface area contributed by atoms with Gasteiger partial charge in [-0.3, -0.25) is 14.7 Å². The lowest BCUT2D eigenvalue weighted by molar-refractivity contribution is -0.118. The van der Waals surface area contributed by atoms with Crippen LogP contribution in [0.5, 0.6) is 5.75 Å². The Balaban J connectivity index is 1.13. The highest BCUT2D eigenvalue weighted by molar-refractivity contribution is 5.93. The second kappa shape index (κ2) is 10.6. The molecule has 2 aliphatic heterocycles. The van der Waals surface area contributed by atoms with Crippen LogP contribution < -0.4 is 10.1 Å². The Hall–Kier alpha value is -3.97. The predicted octanol–water partition coefficient (Wildman–Crippen LogP) is 5.65. The summed E-state index contributed by atoms with van der Waals surface area (Å²) in [7, 11) is 0. The largest absolute Gasteiger partial charge is 0.491 e. The van der Waals surface area contributed by atoms with Crippen molar-refractivity contribution in [3.63, 3.8) is 0 Å². The summed E-state index contributed by atoms with van der Waals surface area (Å²) in [6.45, 7) is 3.18. The lowest BCUT2D eigenvalue weighted by atomic mass is 9.81. The molecule has 0 bridgehead atoms. The second-order valence-corrected chi connectivity index (χ2v) is 9.93. The van der Waals surface area contributed by atoms with Crippen molar-refractivity contribution in [2.24, 2.45) is 11.8 Å². The van der Waals surface area contributed by atoms with Gasteiger partial charge in [0.05, 0.1) is 18.8 Å². The van der Waals surface area contributed by atoms with Crippen LogP contribution in [0, 0.1) is 11.8 Å². The topological polar surface area (TPSA) is 80.5 Å². The second-order valence-electron chi connectivity index (χ2n) is 9.93. The summed E-state index contributed by atoms with van der Waals surface area (Å²) in [6, 6.07) is 22.0. The third-order valence-corrected chi connectivity index (χ3v) is 7.43. The van der Waals surface area contributed by atoms with E-state index in [2.05, 4.69) is 20.4 Å². The molecule has 0 saturated carbocycles. The third kappa shape index (κ3) is 5.42. The summed E-state index contributed by atoms with van der Waals surface area (Å²) in [6.07, 6.45) is 5.98. The molecule has 2 aromatic carbocycles. The lowest BCUT2D eigenvalue weighted by Crippen LogP contribution is -2.42. The number of carbonyl (C=O) groups excluding carboxylic acids is 1. The van der Waals surface area contributed by atoms with Gasteiger partial charge >= 0.3 is 0 Å². The standard InChI is InChI=1S/C30H30N4O3/c35-30-16-23-10-13-34(20-26-17-27(33-37-26)21-5-2-1-3-6-21)19-25(23)11-14-36-29-9-8-22(15-28(29)32-30)24-7-4-12-31-18-24/h1-9,12,15,17-18,23,25H,10-11,13-14,16,19-20H2,(H,32,35)/t23-,25-/m0/s1. The maximum absolute atomic E-state index is 13.1. The first-order valence-corrected chi connectivity index (χ1v) is 12.9. The van der Waals surface area contributed by atoms with Crippen molar-refractivity contribution in [2.45, 2.75) is 25.8 Å². The number of ether oxygens (including phenoxy) is 1. The fourth-order valence-corrected chi connectivity index (χ4v) is 5.47. The number of fused-ring (bicyclic) bond motifs is 2. The molecular formula is C30H30N4O3. The van der Waals surface area contributed by atoms with E-state index in [1.807, 2.05) is 72.9 Å². The summed E-state index contributed by atoms with van der Waals surface area (Å²) in [5, 5.41) is 7.38. The van der Waals surface area contributed by atoms with Crippen LogP contribution in [-0.4, -0.2) is 40.6 Å². The van der Waals surface area contributed by atoms with Crippen LogP contribution in [0.3, 0.4) is 0 Å². The molecule has 0 spiro atoms. The Labute approximate surface area is 216 Å². The number of nitrogens with one attached hydrogen (secondary N) is 1. The van der Waals surface area contributed by atoms with Gasteiger partial charge in [0.1, 0.15) is 11.4 Å². The van der Waals surface area contributed by atoms with Crippen LogP contribution in [-0.2, 0) is 11.3 Å². The Morgan fingerprint density at radius 2 is 1.84 bits per heavy atom. The van der Waals surface area contributed by atoms with E-state index in [-0.39, 0.29) is 5.91 Å². The molecule has 1 N–H and O–H groups in total. The van der Waals surface area contributed by atoms with Gasteiger partial charge in [0.2, 0.25) is 5.91 Å². The molecule has 2 aliphatic rings. The molecule has 0 unspecified atom stereocenters. The van der Waals surface area contributed by atoms with Crippen LogP contribution in [0.1, 0.15) is 25.0 Å². The van der Waals surface area contributed by atoms with Gasteiger partial charge in [0.25, 0.3) is 0 Å². The van der Waals surface area contributed by atoms with E-state index in [9.17, 15) is 4.79 Å². The van der Waals surface area contributed by atoms with Crippen LogP contribution in [0.4, 0.5) is 5.69 Å². The van der Waals surface area contributed by atoms with Crippen molar-refractivity contribution in [1.82, 2.24) is 15.0 Å². The highest BCUT2D eigenvalue weighted by Gasteiger charge is 2.32. The zero-order valence-electron chi connectivity index (χ0n) is 20.7. The smallest absolute Gasteiger partial charge is 0.224 e. The van der Waals surface area contributed by atoms with Gasteiger partial charge in [-0.2, -0.15) is 0 Å². The molecule has 1 saturated heterocycles. The van der Waals surface area contributed by atoms with Gasteiger partial charge in [0, 0.05) is 42.6 Å². The monoisotopic (exact) mass is 494 g/mol. The van der Waals surface area contributed by atoms with Crippen molar-refractivity contribution in [3.05, 3.63) is 84.9 Å². The average molecular weight is 495 g/mol. The molecule has 37 heavy (non-hydrogen) atoms. The minimum atomic E-state index is 0.0428. The van der Waals surface area contributed by atoms with Crippen LogP contribution in [0.15, 0.2) is 83.6 Å². The summed E-state index contributed by atoms with van der Waals surface area (Å²) in [4.78, 5) is 19.7. The van der Waals surface area contributed by atoms with E-state index >= 15 is 0 Å². The number of aromatic nitrogens is 2. The van der Waals surface area contributed by atoms with Crippen LogP contribution >= 0.6 is 0 Å². The maximum atomic E-state index is 13.1. The number of amides is 1. The molecule has 4 heterocycles. The van der Waals surface area contributed by atoms with Crippen molar-refractivity contribution in [1.29, 1.82) is 0 Å². The highest BCUT2D eigenvalue weighted by Crippen LogP contribution is 2.35. The van der Waals surface area contributed by atoms with E-state index in [0.717, 1.165) is 66.3 Å². The van der Waals surface area contributed by atoms with Gasteiger partial charge in [-0.15, -0.1) is 0 Å². The molecule has 7 heteroatoms. The van der Waals surface area contributed by atoms with E-state index < -0.39 is 0 Å². The molecule has 6 rings (SSSR count). The van der Waals surface area contributed by atoms with Crippen LogP contribution in [0.2, 0.25) is 0 Å². The minimum Gasteiger partial charge on any atom is -0.491 e. The van der Waals surface area contributed by atoms with Gasteiger partial charge in [-0.1, -0.05) is 47.6 Å². The quantitative estimate of drug-likeness (QED) is 0.395. The van der Waals surface area contributed by atoms with Gasteiger partial charge in [0.15, 0.2) is 5.76 Å². The average Bonchev–Trinajstić information content (AvgIpc) is 3.40. The fourth-order valence-electron chi connectivity index (χ4n) is 5.47. The summed E-state index contributed by atoms with van der Waals surface area (Å²) in [5.74, 6) is 2.33. The number of anilines is 1. The van der Waals surface area contributed by atoms with E-state index in [1.54, 1.807) is 6.20 Å². The summed E-state index contributed by atoms with van der Waals surface area (Å²) >= 11 is 0. The van der Waals surface area contributed by atoms with E-state index in [4.69, 9.17) is 9.26 Å². The molecule has 0 aliphatic carbocycles. The summed E-state index contributed by atoms with van der Waals surface area (Å²) in [5.41, 5.74) is 4.65. The molecule has 1 fully saturated rings. The minimum absolute atomic E-state index is 0.0428. The van der Waals surface area contributed by atoms with Crippen molar-refractivity contribution in [2.75, 3.05) is 25.0 Å². The van der Waals surface area contributed by atoms with Gasteiger partial charge in [-0.05, 0) is 55.0 Å². The number of benzene rings is 2. The lowest BCUT2D eigenvalue weighted by Gasteiger charge is -2.38. The number of hydrogen-bond donors (Lipinski definition) is 1. The first-order chi connectivity index (χ1) is 18.2. The molecular weight excluding hydrogens is 464 g/mol. The molecule has 0 radical (unpaired) electrons. The fraction of sp³-hybridized carbons (Fsp3) is 0.300. The number of carbonyl (C=O) groups is 1.